The lowest BCUT2D eigenvalue weighted by Gasteiger charge is -2.24. The average Bonchev–Trinajstić information content (AvgIpc) is 2.93. The van der Waals surface area contributed by atoms with E-state index in [1.807, 2.05) is 7.05 Å². The first-order valence-corrected chi connectivity index (χ1v) is 7.74. The first-order chi connectivity index (χ1) is 9.82. The van der Waals surface area contributed by atoms with Crippen LogP contribution in [0.2, 0.25) is 0 Å². The molecular formula is C16H28N4O. The molecule has 2 atom stereocenters. The minimum Gasteiger partial charge on any atom is -0.381 e. The number of aromatic nitrogens is 2. The molecule has 1 aliphatic heterocycles. The third-order valence-corrected chi connectivity index (χ3v) is 4.09. The van der Waals surface area contributed by atoms with Crippen molar-refractivity contribution in [2.75, 3.05) is 30.9 Å². The zero-order valence-electron chi connectivity index (χ0n) is 14.1. The zero-order valence-corrected chi connectivity index (χ0v) is 14.1. The van der Waals surface area contributed by atoms with E-state index in [1.54, 1.807) is 0 Å². The normalized spacial score (nSPS) is 20.4. The Bertz CT molecular complexity index is 490. The molecule has 0 amide bonds. The van der Waals surface area contributed by atoms with Gasteiger partial charge in [0.15, 0.2) is 0 Å². The maximum absolute atomic E-state index is 5.48. The Morgan fingerprint density at radius 2 is 1.90 bits per heavy atom. The van der Waals surface area contributed by atoms with Crippen LogP contribution in [0.1, 0.15) is 45.5 Å². The molecule has 0 bridgehead atoms. The Morgan fingerprint density at radius 1 is 1.24 bits per heavy atom. The summed E-state index contributed by atoms with van der Waals surface area (Å²) in [7, 11) is 1.90. The van der Waals surface area contributed by atoms with Gasteiger partial charge in [0.1, 0.15) is 17.5 Å². The van der Waals surface area contributed by atoms with E-state index in [-0.39, 0.29) is 5.41 Å². The fourth-order valence-electron chi connectivity index (χ4n) is 2.52. The van der Waals surface area contributed by atoms with Gasteiger partial charge in [0.25, 0.3) is 0 Å². The van der Waals surface area contributed by atoms with Crippen LogP contribution in [0, 0.1) is 12.8 Å². The summed E-state index contributed by atoms with van der Waals surface area (Å²) >= 11 is 0. The molecule has 0 aromatic carbocycles. The van der Waals surface area contributed by atoms with Gasteiger partial charge < -0.3 is 15.4 Å². The largest absolute Gasteiger partial charge is 0.381 e. The van der Waals surface area contributed by atoms with Crippen LogP contribution in [0.15, 0.2) is 0 Å². The fraction of sp³-hybridized carbons (Fsp3) is 0.750. The highest BCUT2D eigenvalue weighted by Crippen LogP contribution is 2.28. The van der Waals surface area contributed by atoms with E-state index in [0.717, 1.165) is 42.7 Å². The minimum atomic E-state index is -0.0740. The summed E-state index contributed by atoms with van der Waals surface area (Å²) in [4.78, 5) is 9.40. The van der Waals surface area contributed by atoms with Crippen molar-refractivity contribution in [1.82, 2.24) is 9.97 Å². The van der Waals surface area contributed by atoms with Crippen LogP contribution < -0.4 is 10.6 Å². The van der Waals surface area contributed by atoms with E-state index in [1.165, 1.54) is 0 Å². The van der Waals surface area contributed by atoms with Crippen LogP contribution in [0.5, 0.6) is 0 Å². The van der Waals surface area contributed by atoms with Crippen LogP contribution in [-0.2, 0) is 10.2 Å². The van der Waals surface area contributed by atoms with Gasteiger partial charge in [-0.25, -0.2) is 9.97 Å². The second-order valence-electron chi connectivity index (χ2n) is 6.93. The van der Waals surface area contributed by atoms with Gasteiger partial charge in [0, 0.05) is 36.6 Å². The second-order valence-corrected chi connectivity index (χ2v) is 6.93. The topological polar surface area (TPSA) is 59.1 Å². The second kappa shape index (κ2) is 6.18. The monoisotopic (exact) mass is 292 g/mol. The third kappa shape index (κ3) is 3.64. The van der Waals surface area contributed by atoms with Crippen molar-refractivity contribution < 1.29 is 4.74 Å². The molecule has 0 spiro atoms. The lowest BCUT2D eigenvalue weighted by atomic mass is 9.95. The molecule has 5 nitrogen and oxygen atoms in total. The maximum Gasteiger partial charge on any atom is 0.138 e. The van der Waals surface area contributed by atoms with Crippen molar-refractivity contribution in [2.45, 2.75) is 52.5 Å². The van der Waals surface area contributed by atoms with Crippen LogP contribution in [-0.4, -0.2) is 36.3 Å². The van der Waals surface area contributed by atoms with Crippen LogP contribution >= 0.6 is 0 Å². The molecule has 118 valence electrons. The molecule has 1 saturated heterocycles. The Labute approximate surface area is 127 Å². The van der Waals surface area contributed by atoms with Gasteiger partial charge in [-0.2, -0.15) is 0 Å². The van der Waals surface area contributed by atoms with Crippen LogP contribution in [0.3, 0.4) is 0 Å². The molecule has 1 aromatic rings. The smallest absolute Gasteiger partial charge is 0.138 e. The van der Waals surface area contributed by atoms with Gasteiger partial charge in [-0.3, -0.25) is 0 Å². The SMILES string of the molecule is CNc1nc(C(C)(C)C)nc(NC(C)C2CCOC2)c1C. The molecule has 2 unspecified atom stereocenters. The third-order valence-electron chi connectivity index (χ3n) is 4.09. The summed E-state index contributed by atoms with van der Waals surface area (Å²) < 4.78 is 5.48. The average molecular weight is 292 g/mol. The Kier molecular flexibility index (Phi) is 4.71. The van der Waals surface area contributed by atoms with Crippen molar-refractivity contribution >= 4 is 11.6 Å². The summed E-state index contributed by atoms with van der Waals surface area (Å²) in [5.74, 6) is 3.23. The zero-order chi connectivity index (χ0) is 15.6. The lowest BCUT2D eigenvalue weighted by molar-refractivity contribution is 0.183. The molecular weight excluding hydrogens is 264 g/mol. The van der Waals surface area contributed by atoms with Gasteiger partial charge in [-0.15, -0.1) is 0 Å². The molecule has 1 aliphatic rings. The van der Waals surface area contributed by atoms with Gasteiger partial charge in [-0.05, 0) is 20.3 Å². The van der Waals surface area contributed by atoms with E-state index in [4.69, 9.17) is 9.72 Å². The van der Waals surface area contributed by atoms with E-state index in [0.29, 0.717) is 12.0 Å². The number of nitrogens with one attached hydrogen (secondary N) is 2. The van der Waals surface area contributed by atoms with Crippen molar-refractivity contribution in [3.8, 4) is 0 Å². The van der Waals surface area contributed by atoms with Crippen molar-refractivity contribution in [3.05, 3.63) is 11.4 Å². The molecule has 2 rings (SSSR count). The highest BCUT2D eigenvalue weighted by molar-refractivity contribution is 5.57. The van der Waals surface area contributed by atoms with Crippen LogP contribution in [0.4, 0.5) is 11.6 Å². The fourth-order valence-corrected chi connectivity index (χ4v) is 2.52. The maximum atomic E-state index is 5.48. The molecule has 2 heterocycles. The van der Waals surface area contributed by atoms with Gasteiger partial charge in [0.05, 0.1) is 6.61 Å². The van der Waals surface area contributed by atoms with Gasteiger partial charge in [-0.1, -0.05) is 20.8 Å². The summed E-state index contributed by atoms with van der Waals surface area (Å²) in [5.41, 5.74) is 0.992. The predicted molar refractivity (Wildman–Crippen MR) is 87.0 cm³/mol. The van der Waals surface area contributed by atoms with Crippen LogP contribution in [0.25, 0.3) is 0 Å². The quantitative estimate of drug-likeness (QED) is 0.893. The standard InChI is InChI=1S/C16H28N4O/c1-10-13(17-6)19-15(16(3,4)5)20-14(10)18-11(2)12-7-8-21-9-12/h11-12H,7-9H2,1-6H3,(H2,17,18,19,20). The summed E-state index contributed by atoms with van der Waals surface area (Å²) in [5, 5.41) is 6.74. The highest BCUT2D eigenvalue weighted by Gasteiger charge is 2.25. The first kappa shape index (κ1) is 16.0. The van der Waals surface area contributed by atoms with Crippen molar-refractivity contribution in [2.24, 2.45) is 5.92 Å². The summed E-state index contributed by atoms with van der Waals surface area (Å²) in [6, 6.07) is 0.346. The van der Waals surface area contributed by atoms with Crippen molar-refractivity contribution in [1.29, 1.82) is 0 Å². The molecule has 0 saturated carbocycles. The number of rotatable bonds is 4. The number of nitrogens with zero attached hydrogens (tertiary/aromatic N) is 2. The van der Waals surface area contributed by atoms with E-state index in [2.05, 4.69) is 50.2 Å². The number of ether oxygens (including phenoxy) is 1. The number of anilines is 2. The molecule has 2 N–H and O–H groups in total. The minimum absolute atomic E-state index is 0.0740. The van der Waals surface area contributed by atoms with E-state index < -0.39 is 0 Å². The van der Waals surface area contributed by atoms with Gasteiger partial charge in [0.2, 0.25) is 0 Å². The summed E-state index contributed by atoms with van der Waals surface area (Å²) in [6.45, 7) is 12.4. The molecule has 5 heteroatoms. The molecule has 21 heavy (non-hydrogen) atoms. The molecule has 1 fully saturated rings. The highest BCUT2D eigenvalue weighted by atomic mass is 16.5. The summed E-state index contributed by atoms with van der Waals surface area (Å²) in [6.07, 6.45) is 1.11. The van der Waals surface area contributed by atoms with Gasteiger partial charge >= 0.3 is 0 Å². The molecule has 0 radical (unpaired) electrons. The lowest BCUT2D eigenvalue weighted by Crippen LogP contribution is -2.28. The van der Waals surface area contributed by atoms with E-state index >= 15 is 0 Å². The number of hydrogen-bond acceptors (Lipinski definition) is 5. The van der Waals surface area contributed by atoms with Crippen molar-refractivity contribution in [3.63, 3.8) is 0 Å². The predicted octanol–water partition coefficient (Wildman–Crippen LogP) is 2.96. The molecule has 0 aliphatic carbocycles. The Hall–Kier alpha value is -1.36. The first-order valence-electron chi connectivity index (χ1n) is 7.74. The number of hydrogen-bond donors (Lipinski definition) is 2. The molecule has 1 aromatic heterocycles. The Morgan fingerprint density at radius 3 is 2.43 bits per heavy atom. The van der Waals surface area contributed by atoms with E-state index in [9.17, 15) is 0 Å². The Balaban J connectivity index is 2.28.